The van der Waals surface area contributed by atoms with Gasteiger partial charge in [0, 0.05) is 12.5 Å². The first kappa shape index (κ1) is 18.0. The fourth-order valence-electron chi connectivity index (χ4n) is 1.83. The summed E-state index contributed by atoms with van der Waals surface area (Å²) in [5.74, 6) is 0. The minimum atomic E-state index is -3.49. The van der Waals surface area contributed by atoms with Crippen LogP contribution in [0.4, 0.5) is 0 Å². The number of hydrogen-bond acceptors (Lipinski definition) is 4. The van der Waals surface area contributed by atoms with E-state index >= 15 is 0 Å². The number of sulfonamides is 1. The lowest BCUT2D eigenvalue weighted by atomic mass is 10.1. The van der Waals surface area contributed by atoms with Crippen molar-refractivity contribution >= 4 is 27.2 Å². The lowest BCUT2D eigenvalue weighted by Crippen LogP contribution is -2.34. The molecule has 1 aromatic rings. The lowest BCUT2D eigenvalue weighted by molar-refractivity contribution is 0.379. The maximum atomic E-state index is 12.2. The number of nitrogens with zero attached hydrogens (tertiary/aromatic N) is 1. The number of hydrogen-bond donors (Lipinski definition) is 2. The molecule has 0 amide bonds. The van der Waals surface area contributed by atoms with Crippen molar-refractivity contribution in [3.05, 3.63) is 29.8 Å². The molecule has 0 heterocycles. The van der Waals surface area contributed by atoms with Crippen LogP contribution in [0.5, 0.6) is 0 Å². The highest BCUT2D eigenvalue weighted by atomic mass is 32.2. The van der Waals surface area contributed by atoms with Gasteiger partial charge < -0.3 is 10.6 Å². The summed E-state index contributed by atoms with van der Waals surface area (Å²) in [4.78, 5) is 2.67. The zero-order valence-corrected chi connectivity index (χ0v) is 14.3. The quantitative estimate of drug-likeness (QED) is 0.700. The Morgan fingerprint density at radius 2 is 1.90 bits per heavy atom. The molecule has 0 saturated heterocycles. The predicted molar refractivity (Wildman–Crippen MR) is 89.9 cm³/mol. The summed E-state index contributed by atoms with van der Waals surface area (Å²) in [6, 6.07) is 6.51. The van der Waals surface area contributed by atoms with Crippen molar-refractivity contribution in [2.24, 2.45) is 5.73 Å². The van der Waals surface area contributed by atoms with E-state index < -0.39 is 10.0 Å². The average molecular weight is 329 g/mol. The van der Waals surface area contributed by atoms with Crippen molar-refractivity contribution in [3.8, 4) is 0 Å². The molecule has 3 N–H and O–H groups in total. The Labute approximate surface area is 132 Å². The van der Waals surface area contributed by atoms with Crippen LogP contribution in [0.25, 0.3) is 0 Å². The van der Waals surface area contributed by atoms with Crippen molar-refractivity contribution in [3.63, 3.8) is 0 Å². The Hall–Kier alpha value is -1.02. The van der Waals surface area contributed by atoms with Gasteiger partial charge in [-0.1, -0.05) is 24.4 Å². The second kappa shape index (κ2) is 7.84. The summed E-state index contributed by atoms with van der Waals surface area (Å²) in [5, 5.41) is 0. The Morgan fingerprint density at radius 1 is 1.33 bits per heavy atom. The standard InChI is InChI=1S/C14H23N3O2S2/c1-11(8-9-17(2)3)16-21(18,19)13-6-4-12(5-7-13)10-14(15)20/h4-7,11,16H,8-10H2,1-3H3,(H2,15,20). The van der Waals surface area contributed by atoms with Crippen LogP contribution in [0.1, 0.15) is 18.9 Å². The first-order valence-electron chi connectivity index (χ1n) is 6.75. The third-order valence-corrected chi connectivity index (χ3v) is 4.73. The van der Waals surface area contributed by atoms with Crippen molar-refractivity contribution in [1.82, 2.24) is 9.62 Å². The molecule has 7 heteroatoms. The number of benzene rings is 1. The van der Waals surface area contributed by atoms with Gasteiger partial charge in [-0.3, -0.25) is 0 Å². The van der Waals surface area contributed by atoms with E-state index in [-0.39, 0.29) is 10.9 Å². The Bertz CT molecular complexity index is 568. The van der Waals surface area contributed by atoms with Gasteiger partial charge in [-0.05, 0) is 51.7 Å². The van der Waals surface area contributed by atoms with Crippen LogP contribution in [0.15, 0.2) is 29.2 Å². The molecule has 1 atom stereocenters. The second-order valence-corrected chi connectivity index (χ2v) is 7.64. The van der Waals surface area contributed by atoms with Crippen molar-refractivity contribution in [2.45, 2.75) is 30.7 Å². The molecule has 118 valence electrons. The van der Waals surface area contributed by atoms with Gasteiger partial charge in [0.1, 0.15) is 0 Å². The van der Waals surface area contributed by atoms with E-state index in [1.807, 2.05) is 25.9 Å². The summed E-state index contributed by atoms with van der Waals surface area (Å²) in [6.45, 7) is 2.69. The molecule has 0 aromatic heterocycles. The molecule has 1 rings (SSSR count). The molecule has 0 spiro atoms. The van der Waals surface area contributed by atoms with Gasteiger partial charge in [0.25, 0.3) is 0 Å². The van der Waals surface area contributed by atoms with E-state index in [1.54, 1.807) is 24.3 Å². The van der Waals surface area contributed by atoms with Crippen molar-refractivity contribution in [1.29, 1.82) is 0 Å². The Balaban J connectivity index is 2.71. The maximum Gasteiger partial charge on any atom is 0.240 e. The van der Waals surface area contributed by atoms with Crippen LogP contribution in [0.3, 0.4) is 0 Å². The predicted octanol–water partition coefficient (Wildman–Crippen LogP) is 1.13. The highest BCUT2D eigenvalue weighted by Crippen LogP contribution is 2.12. The van der Waals surface area contributed by atoms with Crippen LogP contribution in [0.2, 0.25) is 0 Å². The minimum absolute atomic E-state index is 0.117. The topological polar surface area (TPSA) is 75.4 Å². The van der Waals surface area contributed by atoms with Crippen LogP contribution in [-0.2, 0) is 16.4 Å². The first-order valence-corrected chi connectivity index (χ1v) is 8.64. The minimum Gasteiger partial charge on any atom is -0.393 e. The summed E-state index contributed by atoms with van der Waals surface area (Å²) in [5.41, 5.74) is 6.37. The molecule has 0 aliphatic heterocycles. The van der Waals surface area contributed by atoms with Gasteiger partial charge in [0.15, 0.2) is 0 Å². The highest BCUT2D eigenvalue weighted by molar-refractivity contribution is 7.89. The highest BCUT2D eigenvalue weighted by Gasteiger charge is 2.17. The molecule has 0 aliphatic carbocycles. The maximum absolute atomic E-state index is 12.2. The largest absolute Gasteiger partial charge is 0.393 e. The van der Waals surface area contributed by atoms with Crippen LogP contribution in [0, 0.1) is 0 Å². The zero-order chi connectivity index (χ0) is 16.0. The van der Waals surface area contributed by atoms with E-state index in [4.69, 9.17) is 18.0 Å². The molecule has 0 saturated carbocycles. The molecule has 5 nitrogen and oxygen atoms in total. The molecular formula is C14H23N3O2S2. The normalized spacial score (nSPS) is 13.3. The van der Waals surface area contributed by atoms with E-state index in [1.165, 1.54) is 0 Å². The fraction of sp³-hybridized carbons (Fsp3) is 0.500. The van der Waals surface area contributed by atoms with Crippen LogP contribution >= 0.6 is 12.2 Å². The van der Waals surface area contributed by atoms with E-state index in [0.29, 0.717) is 11.4 Å². The van der Waals surface area contributed by atoms with Crippen molar-refractivity contribution in [2.75, 3.05) is 20.6 Å². The molecule has 1 unspecified atom stereocenters. The smallest absolute Gasteiger partial charge is 0.240 e. The molecule has 21 heavy (non-hydrogen) atoms. The zero-order valence-electron chi connectivity index (χ0n) is 12.7. The Kier molecular flexibility index (Phi) is 6.73. The van der Waals surface area contributed by atoms with Crippen LogP contribution in [-0.4, -0.2) is 45.0 Å². The van der Waals surface area contributed by atoms with Gasteiger partial charge >= 0.3 is 0 Å². The van der Waals surface area contributed by atoms with Gasteiger partial charge in [-0.2, -0.15) is 0 Å². The fourth-order valence-corrected chi connectivity index (χ4v) is 3.28. The average Bonchev–Trinajstić information content (AvgIpc) is 2.35. The third-order valence-electron chi connectivity index (χ3n) is 2.98. The lowest BCUT2D eigenvalue weighted by Gasteiger charge is -2.17. The summed E-state index contributed by atoms with van der Waals surface area (Å²) in [7, 11) is 0.435. The second-order valence-electron chi connectivity index (χ2n) is 5.40. The molecule has 0 fully saturated rings. The Morgan fingerprint density at radius 3 is 2.38 bits per heavy atom. The third kappa shape index (κ3) is 6.52. The van der Waals surface area contributed by atoms with E-state index in [0.717, 1.165) is 18.5 Å². The molecule has 0 aliphatic rings. The molecule has 0 bridgehead atoms. The summed E-state index contributed by atoms with van der Waals surface area (Å²) >= 11 is 4.83. The molecular weight excluding hydrogens is 306 g/mol. The number of rotatable bonds is 8. The van der Waals surface area contributed by atoms with Gasteiger partial charge in [0.05, 0.1) is 9.88 Å². The van der Waals surface area contributed by atoms with E-state index in [2.05, 4.69) is 4.72 Å². The summed E-state index contributed by atoms with van der Waals surface area (Å²) in [6.07, 6.45) is 1.23. The van der Waals surface area contributed by atoms with Gasteiger partial charge in [0.2, 0.25) is 10.0 Å². The van der Waals surface area contributed by atoms with E-state index in [9.17, 15) is 8.42 Å². The molecule has 0 radical (unpaired) electrons. The van der Waals surface area contributed by atoms with Gasteiger partial charge in [-0.25, -0.2) is 13.1 Å². The first-order chi connectivity index (χ1) is 9.70. The molecule has 1 aromatic carbocycles. The SMILES string of the molecule is CC(CCN(C)C)NS(=O)(=O)c1ccc(CC(N)=S)cc1. The number of nitrogens with one attached hydrogen (secondary N) is 1. The van der Waals surface area contributed by atoms with Gasteiger partial charge in [-0.15, -0.1) is 0 Å². The monoisotopic (exact) mass is 329 g/mol. The number of nitrogens with two attached hydrogens (primary N) is 1. The van der Waals surface area contributed by atoms with Crippen LogP contribution < -0.4 is 10.5 Å². The van der Waals surface area contributed by atoms with Crippen molar-refractivity contribution < 1.29 is 8.42 Å². The summed E-state index contributed by atoms with van der Waals surface area (Å²) < 4.78 is 27.2. The number of thiocarbonyl (C=S) groups is 1.